The maximum atomic E-state index is 12.4. The van der Waals surface area contributed by atoms with E-state index in [-0.39, 0.29) is 23.5 Å². The van der Waals surface area contributed by atoms with Crippen molar-refractivity contribution in [2.24, 2.45) is 5.41 Å². The second kappa shape index (κ2) is 5.38. The van der Waals surface area contributed by atoms with Gasteiger partial charge < -0.3 is 15.2 Å². The van der Waals surface area contributed by atoms with E-state index in [1.807, 2.05) is 6.92 Å². The molecule has 1 aliphatic heterocycles. The number of hydrogen-bond acceptors (Lipinski definition) is 5. The van der Waals surface area contributed by atoms with Gasteiger partial charge in [0, 0.05) is 24.7 Å². The van der Waals surface area contributed by atoms with E-state index >= 15 is 0 Å². The van der Waals surface area contributed by atoms with Crippen molar-refractivity contribution >= 4 is 5.91 Å². The Morgan fingerprint density at radius 3 is 2.76 bits per heavy atom. The van der Waals surface area contributed by atoms with Gasteiger partial charge in [-0.2, -0.15) is 9.90 Å². The summed E-state index contributed by atoms with van der Waals surface area (Å²) >= 11 is 0. The summed E-state index contributed by atoms with van der Waals surface area (Å²) in [6, 6.07) is -0.00456. The number of hydrogen-bond donors (Lipinski definition) is 2. The highest BCUT2D eigenvalue weighted by atomic mass is 16.5. The molecular weight excluding hydrogens is 272 g/mol. The highest BCUT2D eigenvalue weighted by Crippen LogP contribution is 2.48. The van der Waals surface area contributed by atoms with Gasteiger partial charge in [0.25, 0.3) is 5.91 Å². The van der Waals surface area contributed by atoms with Crippen molar-refractivity contribution in [2.75, 3.05) is 13.2 Å². The average molecular weight is 294 g/mol. The highest BCUT2D eigenvalue weighted by Gasteiger charge is 2.55. The van der Waals surface area contributed by atoms with E-state index in [1.165, 1.54) is 4.80 Å². The van der Waals surface area contributed by atoms with Crippen LogP contribution in [0.1, 0.15) is 42.4 Å². The maximum Gasteiger partial charge on any atom is 0.273 e. The zero-order valence-corrected chi connectivity index (χ0v) is 12.5. The van der Waals surface area contributed by atoms with E-state index in [0.29, 0.717) is 37.6 Å². The van der Waals surface area contributed by atoms with E-state index in [4.69, 9.17) is 4.74 Å². The van der Waals surface area contributed by atoms with Crippen molar-refractivity contribution in [2.45, 2.75) is 51.8 Å². The fraction of sp³-hybridized carbons (Fsp3) is 0.786. The molecule has 1 spiro atoms. The largest absolute Gasteiger partial charge is 0.392 e. The molecule has 0 unspecified atom stereocenters. The molecular formula is C14H22N4O3. The lowest BCUT2D eigenvalue weighted by molar-refractivity contribution is -0.145. The van der Waals surface area contributed by atoms with Crippen LogP contribution in [0.3, 0.4) is 0 Å². The van der Waals surface area contributed by atoms with E-state index < -0.39 is 0 Å². The SMILES string of the molecule is CCn1nc(C)c(C(=O)N[C@@H]2C[C@@H](O)C23CCOCC3)n1. The Bertz CT molecular complexity index is 536. The third kappa shape index (κ3) is 2.34. The fourth-order valence-electron chi connectivity index (χ4n) is 3.41. The molecule has 1 aromatic rings. The van der Waals surface area contributed by atoms with Crippen LogP contribution in [-0.4, -0.2) is 51.4 Å². The van der Waals surface area contributed by atoms with Gasteiger partial charge in [0.2, 0.25) is 0 Å². The molecule has 7 nitrogen and oxygen atoms in total. The number of aryl methyl sites for hydroxylation is 2. The number of carbonyl (C=O) groups is 1. The lowest BCUT2D eigenvalue weighted by atomic mass is 9.58. The Hall–Kier alpha value is -1.47. The third-order valence-corrected chi connectivity index (χ3v) is 4.87. The molecule has 7 heteroatoms. The molecule has 2 heterocycles. The van der Waals surface area contributed by atoms with Gasteiger partial charge >= 0.3 is 0 Å². The van der Waals surface area contributed by atoms with E-state index in [1.54, 1.807) is 6.92 Å². The zero-order valence-electron chi connectivity index (χ0n) is 12.5. The number of ether oxygens (including phenoxy) is 1. The number of carbonyl (C=O) groups excluding carboxylic acids is 1. The first-order chi connectivity index (χ1) is 10.1. The monoisotopic (exact) mass is 294 g/mol. The van der Waals surface area contributed by atoms with Crippen LogP contribution in [0, 0.1) is 12.3 Å². The van der Waals surface area contributed by atoms with Crippen LogP contribution in [0.2, 0.25) is 0 Å². The summed E-state index contributed by atoms with van der Waals surface area (Å²) < 4.78 is 5.37. The van der Waals surface area contributed by atoms with Crippen molar-refractivity contribution in [3.63, 3.8) is 0 Å². The van der Waals surface area contributed by atoms with Gasteiger partial charge in [0.05, 0.1) is 18.3 Å². The lowest BCUT2D eigenvalue weighted by Gasteiger charge is -2.55. The number of aromatic nitrogens is 3. The molecule has 2 fully saturated rings. The smallest absolute Gasteiger partial charge is 0.273 e. The van der Waals surface area contributed by atoms with Crippen molar-refractivity contribution in [1.82, 2.24) is 20.3 Å². The van der Waals surface area contributed by atoms with E-state index in [9.17, 15) is 9.90 Å². The average Bonchev–Trinajstić information content (AvgIpc) is 2.89. The highest BCUT2D eigenvalue weighted by molar-refractivity contribution is 5.93. The molecule has 2 aliphatic rings. The normalized spacial score (nSPS) is 27.4. The van der Waals surface area contributed by atoms with Crippen LogP contribution in [0.15, 0.2) is 0 Å². The van der Waals surface area contributed by atoms with Crippen LogP contribution >= 0.6 is 0 Å². The van der Waals surface area contributed by atoms with Crippen LogP contribution < -0.4 is 5.32 Å². The molecule has 116 valence electrons. The van der Waals surface area contributed by atoms with Gasteiger partial charge in [0.1, 0.15) is 0 Å². The topological polar surface area (TPSA) is 89.3 Å². The minimum Gasteiger partial charge on any atom is -0.392 e. The fourth-order valence-corrected chi connectivity index (χ4v) is 3.41. The first-order valence-corrected chi connectivity index (χ1v) is 7.55. The molecule has 1 saturated carbocycles. The summed E-state index contributed by atoms with van der Waals surface area (Å²) in [6.45, 7) is 5.65. The van der Waals surface area contributed by atoms with Gasteiger partial charge in [-0.25, -0.2) is 0 Å². The molecule has 3 rings (SSSR count). The van der Waals surface area contributed by atoms with Crippen LogP contribution in [0.25, 0.3) is 0 Å². The number of rotatable bonds is 3. The Morgan fingerprint density at radius 1 is 1.48 bits per heavy atom. The number of nitrogens with one attached hydrogen (secondary N) is 1. The van der Waals surface area contributed by atoms with Crippen molar-refractivity contribution in [3.05, 3.63) is 11.4 Å². The molecule has 0 radical (unpaired) electrons. The van der Waals surface area contributed by atoms with Crippen molar-refractivity contribution in [1.29, 1.82) is 0 Å². The first kappa shape index (κ1) is 14.5. The quantitative estimate of drug-likeness (QED) is 0.835. The molecule has 0 aromatic carbocycles. The molecule has 1 saturated heterocycles. The Balaban J connectivity index is 1.71. The van der Waals surface area contributed by atoms with Crippen molar-refractivity contribution in [3.8, 4) is 0 Å². The van der Waals surface area contributed by atoms with Gasteiger partial charge in [-0.05, 0) is 33.1 Å². The standard InChI is InChI=1S/C14H22N4O3/c1-3-18-16-9(2)12(17-18)13(20)15-10-8-11(19)14(10)4-6-21-7-5-14/h10-11,19H,3-8H2,1-2H3,(H,15,20)/t10-,11-/m1/s1. The van der Waals surface area contributed by atoms with Crippen LogP contribution in [0.4, 0.5) is 0 Å². The minimum atomic E-state index is -0.348. The van der Waals surface area contributed by atoms with Gasteiger partial charge in [0.15, 0.2) is 5.69 Å². The molecule has 2 N–H and O–H groups in total. The van der Waals surface area contributed by atoms with Crippen molar-refractivity contribution < 1.29 is 14.6 Å². The summed E-state index contributed by atoms with van der Waals surface area (Å²) in [5.74, 6) is -0.199. The molecule has 21 heavy (non-hydrogen) atoms. The second-order valence-electron chi connectivity index (χ2n) is 5.95. The van der Waals surface area contributed by atoms with Gasteiger partial charge in [-0.3, -0.25) is 4.79 Å². The number of aliphatic hydroxyl groups excluding tert-OH is 1. The van der Waals surface area contributed by atoms with E-state index in [0.717, 1.165) is 12.8 Å². The number of amides is 1. The number of nitrogens with zero attached hydrogens (tertiary/aromatic N) is 3. The summed E-state index contributed by atoms with van der Waals surface area (Å²) in [4.78, 5) is 13.9. The van der Waals surface area contributed by atoms with Gasteiger partial charge in [-0.1, -0.05) is 0 Å². The first-order valence-electron chi connectivity index (χ1n) is 7.55. The summed E-state index contributed by atoms with van der Waals surface area (Å²) in [6.07, 6.45) is 1.84. The molecule has 1 aliphatic carbocycles. The summed E-state index contributed by atoms with van der Waals surface area (Å²) in [5, 5.41) is 21.6. The van der Waals surface area contributed by atoms with Crippen LogP contribution in [-0.2, 0) is 11.3 Å². The lowest BCUT2D eigenvalue weighted by Crippen LogP contribution is -2.65. The predicted molar refractivity (Wildman–Crippen MR) is 74.8 cm³/mol. The minimum absolute atomic E-state index is 0.00456. The zero-order chi connectivity index (χ0) is 15.0. The van der Waals surface area contributed by atoms with Crippen LogP contribution in [0.5, 0.6) is 0 Å². The number of aliphatic hydroxyl groups is 1. The summed E-state index contributed by atoms with van der Waals surface area (Å²) in [7, 11) is 0. The summed E-state index contributed by atoms with van der Waals surface area (Å²) in [5.41, 5.74) is 0.790. The molecule has 1 aromatic heterocycles. The van der Waals surface area contributed by atoms with E-state index in [2.05, 4.69) is 15.5 Å². The van der Waals surface area contributed by atoms with Gasteiger partial charge in [-0.15, -0.1) is 5.10 Å². The second-order valence-corrected chi connectivity index (χ2v) is 5.95. The molecule has 1 amide bonds. The molecule has 0 bridgehead atoms. The molecule has 2 atom stereocenters. The maximum absolute atomic E-state index is 12.4. The Labute approximate surface area is 123 Å². The predicted octanol–water partition coefficient (Wildman–Crippen LogP) is 0.266. The Morgan fingerprint density at radius 2 is 2.19 bits per heavy atom. The third-order valence-electron chi connectivity index (χ3n) is 4.87. The Kier molecular flexibility index (Phi) is 3.71.